The van der Waals surface area contributed by atoms with Crippen LogP contribution >= 0.6 is 11.8 Å². The van der Waals surface area contributed by atoms with E-state index in [-0.39, 0.29) is 29.7 Å². The standard InChI is InChI=1S/C8H8F3N3O2S/c9-8(10,11)17-4-3-12-7-2-1-6(5-13-7)14(15)16/h1-2,5H,3-4H2,(H,12,13). The molecule has 0 bridgehead atoms. The van der Waals surface area contributed by atoms with Gasteiger partial charge in [0.2, 0.25) is 0 Å². The number of thioether (sulfide) groups is 1. The fraction of sp³-hybridized carbons (Fsp3) is 0.375. The minimum atomic E-state index is -4.25. The van der Waals surface area contributed by atoms with Gasteiger partial charge in [-0.05, 0) is 17.8 Å². The number of nitrogens with zero attached hydrogens (tertiary/aromatic N) is 2. The van der Waals surface area contributed by atoms with Crippen molar-refractivity contribution in [3.05, 3.63) is 28.4 Å². The van der Waals surface area contributed by atoms with Crippen molar-refractivity contribution >= 4 is 23.3 Å². The molecule has 94 valence electrons. The number of hydrogen-bond acceptors (Lipinski definition) is 5. The third-order valence-corrected chi connectivity index (χ3v) is 2.37. The van der Waals surface area contributed by atoms with E-state index in [1.807, 2.05) is 0 Å². The summed E-state index contributed by atoms with van der Waals surface area (Å²) >= 11 is -0.138. The van der Waals surface area contributed by atoms with Gasteiger partial charge in [-0.1, -0.05) is 0 Å². The molecule has 0 radical (unpaired) electrons. The Kier molecular flexibility index (Phi) is 4.55. The van der Waals surface area contributed by atoms with Crippen LogP contribution in [0.4, 0.5) is 24.7 Å². The SMILES string of the molecule is O=[N+]([O-])c1ccc(NCCSC(F)(F)F)nc1. The van der Waals surface area contributed by atoms with Gasteiger partial charge in [0.1, 0.15) is 12.0 Å². The second-order valence-electron chi connectivity index (χ2n) is 2.88. The Balaban J connectivity index is 2.35. The highest BCUT2D eigenvalue weighted by Gasteiger charge is 2.27. The molecular weight excluding hydrogens is 259 g/mol. The first-order chi connectivity index (χ1) is 7.88. The van der Waals surface area contributed by atoms with Crippen molar-refractivity contribution in [2.75, 3.05) is 17.6 Å². The van der Waals surface area contributed by atoms with Gasteiger partial charge < -0.3 is 5.32 Å². The molecule has 0 aliphatic heterocycles. The predicted molar refractivity (Wildman–Crippen MR) is 57.9 cm³/mol. The van der Waals surface area contributed by atoms with Crippen molar-refractivity contribution < 1.29 is 18.1 Å². The van der Waals surface area contributed by atoms with E-state index in [2.05, 4.69) is 10.3 Å². The van der Waals surface area contributed by atoms with Crippen molar-refractivity contribution in [1.82, 2.24) is 4.98 Å². The van der Waals surface area contributed by atoms with Crippen molar-refractivity contribution in [3.8, 4) is 0 Å². The summed E-state index contributed by atoms with van der Waals surface area (Å²) in [5.41, 5.74) is -4.41. The van der Waals surface area contributed by atoms with Gasteiger partial charge in [-0.3, -0.25) is 10.1 Å². The van der Waals surface area contributed by atoms with Crippen LogP contribution in [0.3, 0.4) is 0 Å². The summed E-state index contributed by atoms with van der Waals surface area (Å²) in [6.07, 6.45) is 1.04. The molecule has 17 heavy (non-hydrogen) atoms. The average molecular weight is 267 g/mol. The highest BCUT2D eigenvalue weighted by molar-refractivity contribution is 8.00. The summed E-state index contributed by atoms with van der Waals surface area (Å²) in [5, 5.41) is 12.9. The van der Waals surface area contributed by atoms with Crippen LogP contribution in [0.2, 0.25) is 0 Å². The van der Waals surface area contributed by atoms with Gasteiger partial charge in [0.15, 0.2) is 0 Å². The molecule has 1 N–H and O–H groups in total. The Morgan fingerprint density at radius 1 is 1.47 bits per heavy atom. The molecule has 0 saturated heterocycles. The van der Waals surface area contributed by atoms with E-state index < -0.39 is 10.4 Å². The molecule has 1 aromatic heterocycles. The highest BCUT2D eigenvalue weighted by atomic mass is 32.2. The van der Waals surface area contributed by atoms with Crippen LogP contribution in [-0.4, -0.2) is 27.7 Å². The van der Waals surface area contributed by atoms with Crippen molar-refractivity contribution in [2.24, 2.45) is 0 Å². The first-order valence-electron chi connectivity index (χ1n) is 4.43. The lowest BCUT2D eigenvalue weighted by molar-refractivity contribution is -0.385. The zero-order valence-corrected chi connectivity index (χ0v) is 9.22. The number of rotatable bonds is 5. The van der Waals surface area contributed by atoms with Crippen molar-refractivity contribution in [2.45, 2.75) is 5.51 Å². The average Bonchev–Trinajstić information content (AvgIpc) is 2.24. The summed E-state index contributed by atoms with van der Waals surface area (Å²) in [4.78, 5) is 13.4. The molecule has 0 fully saturated rings. The van der Waals surface area contributed by atoms with E-state index in [0.29, 0.717) is 5.82 Å². The first kappa shape index (κ1) is 13.6. The minimum Gasteiger partial charge on any atom is -0.369 e. The molecule has 0 aromatic carbocycles. The Bertz CT molecular complexity index is 383. The minimum absolute atomic E-state index is 0.0784. The van der Waals surface area contributed by atoms with Crippen molar-refractivity contribution in [3.63, 3.8) is 0 Å². The third kappa shape index (κ3) is 5.38. The molecule has 0 saturated carbocycles. The van der Waals surface area contributed by atoms with Gasteiger partial charge in [-0.15, -0.1) is 0 Å². The monoisotopic (exact) mass is 267 g/mol. The van der Waals surface area contributed by atoms with Gasteiger partial charge in [0.25, 0.3) is 5.69 Å². The van der Waals surface area contributed by atoms with E-state index in [1.54, 1.807) is 0 Å². The fourth-order valence-corrected chi connectivity index (χ4v) is 1.38. The van der Waals surface area contributed by atoms with E-state index in [1.165, 1.54) is 12.1 Å². The van der Waals surface area contributed by atoms with Gasteiger partial charge in [0.05, 0.1) is 4.92 Å². The number of nitro groups is 1. The quantitative estimate of drug-likeness (QED) is 0.504. The molecule has 0 aliphatic rings. The maximum atomic E-state index is 11.8. The van der Waals surface area contributed by atoms with Gasteiger partial charge >= 0.3 is 5.51 Å². The number of hydrogen-bond donors (Lipinski definition) is 1. The molecule has 0 atom stereocenters. The molecule has 1 rings (SSSR count). The number of alkyl halides is 3. The van der Waals surface area contributed by atoms with Gasteiger partial charge in [-0.2, -0.15) is 13.2 Å². The van der Waals surface area contributed by atoms with E-state index in [9.17, 15) is 23.3 Å². The van der Waals surface area contributed by atoms with Crippen LogP contribution < -0.4 is 5.32 Å². The number of aromatic nitrogens is 1. The van der Waals surface area contributed by atoms with Crippen LogP contribution in [0.15, 0.2) is 18.3 Å². The van der Waals surface area contributed by atoms with E-state index in [0.717, 1.165) is 6.20 Å². The Morgan fingerprint density at radius 2 is 2.18 bits per heavy atom. The molecule has 1 aromatic rings. The smallest absolute Gasteiger partial charge is 0.369 e. The fourth-order valence-electron chi connectivity index (χ4n) is 0.944. The lowest BCUT2D eigenvalue weighted by atomic mass is 10.4. The first-order valence-corrected chi connectivity index (χ1v) is 5.42. The lowest BCUT2D eigenvalue weighted by Crippen LogP contribution is -2.10. The Hall–Kier alpha value is -1.51. The normalized spacial score (nSPS) is 11.2. The van der Waals surface area contributed by atoms with Gasteiger partial charge in [-0.25, -0.2) is 4.98 Å². The summed E-state index contributed by atoms with van der Waals surface area (Å²) in [6.45, 7) is 0.0784. The third-order valence-electron chi connectivity index (χ3n) is 1.63. The Morgan fingerprint density at radius 3 is 2.65 bits per heavy atom. The summed E-state index contributed by atoms with van der Waals surface area (Å²) < 4.78 is 35.3. The molecular formula is C8H8F3N3O2S. The number of nitrogens with one attached hydrogen (secondary N) is 1. The Labute approximate surface area is 98.6 Å². The number of halogens is 3. The van der Waals surface area contributed by atoms with E-state index in [4.69, 9.17) is 0 Å². The predicted octanol–water partition coefficient (Wildman–Crippen LogP) is 2.65. The molecule has 0 amide bonds. The molecule has 0 unspecified atom stereocenters. The number of anilines is 1. The maximum Gasteiger partial charge on any atom is 0.441 e. The summed E-state index contributed by atoms with van der Waals surface area (Å²) in [6, 6.07) is 2.57. The van der Waals surface area contributed by atoms with Gasteiger partial charge in [0, 0.05) is 18.4 Å². The molecule has 0 spiro atoms. The summed E-state index contributed by atoms with van der Waals surface area (Å²) in [5.74, 6) is 0.153. The topological polar surface area (TPSA) is 68.1 Å². The number of pyridine rings is 1. The van der Waals surface area contributed by atoms with E-state index >= 15 is 0 Å². The largest absolute Gasteiger partial charge is 0.441 e. The van der Waals surface area contributed by atoms with Crippen LogP contribution in [0.5, 0.6) is 0 Å². The molecule has 9 heteroatoms. The second-order valence-corrected chi connectivity index (χ2v) is 4.04. The van der Waals surface area contributed by atoms with Crippen LogP contribution in [0.1, 0.15) is 0 Å². The highest BCUT2D eigenvalue weighted by Crippen LogP contribution is 2.29. The lowest BCUT2D eigenvalue weighted by Gasteiger charge is -2.06. The van der Waals surface area contributed by atoms with Crippen LogP contribution in [-0.2, 0) is 0 Å². The van der Waals surface area contributed by atoms with Crippen LogP contribution in [0, 0.1) is 10.1 Å². The molecule has 5 nitrogen and oxygen atoms in total. The second kappa shape index (κ2) is 5.71. The zero-order valence-electron chi connectivity index (χ0n) is 8.40. The molecule has 0 aliphatic carbocycles. The van der Waals surface area contributed by atoms with Crippen LogP contribution in [0.25, 0.3) is 0 Å². The molecule has 1 heterocycles. The zero-order chi connectivity index (χ0) is 12.9. The maximum absolute atomic E-state index is 11.8. The van der Waals surface area contributed by atoms with Crippen molar-refractivity contribution in [1.29, 1.82) is 0 Å². The summed E-state index contributed by atoms with van der Waals surface area (Å²) in [7, 11) is 0.